The van der Waals surface area contributed by atoms with Gasteiger partial charge in [0, 0.05) is 24.7 Å². The number of rotatable bonds is 17. The first-order chi connectivity index (χ1) is 19.3. The fourth-order valence-electron chi connectivity index (χ4n) is 6.19. The first kappa shape index (κ1) is 36.8. The number of ketones is 2. The summed E-state index contributed by atoms with van der Waals surface area (Å²) in [5.74, 6) is 4.48. The molecule has 230 valence electrons. The Bertz CT molecular complexity index is 958. The standard InChI is InChI=1S/C20H32O.C19H30O/c1-15(2)13-17(5)14-20(21)19(16(3)4)12-11-18-9-7-6-8-10-18;1-14(2)11-16(5)12-19(20)18(15(3)4)13-17-9-7-6-8-10-17/h6-10,15-17,19H,11-14H2,1-5H3;6-10,14-16,18H,11-13H2,1-5H3/t17-,19+;16-,18+/m00/s1. The van der Waals surface area contributed by atoms with Gasteiger partial charge in [-0.3, -0.25) is 9.59 Å². The summed E-state index contributed by atoms with van der Waals surface area (Å²) in [4.78, 5) is 25.2. The van der Waals surface area contributed by atoms with Gasteiger partial charge >= 0.3 is 0 Å². The van der Waals surface area contributed by atoms with Crippen molar-refractivity contribution in [1.29, 1.82) is 0 Å². The molecular formula is C39H62O2. The monoisotopic (exact) mass is 562 g/mol. The highest BCUT2D eigenvalue weighted by Gasteiger charge is 2.25. The van der Waals surface area contributed by atoms with E-state index in [9.17, 15) is 9.59 Å². The quantitative estimate of drug-likeness (QED) is 0.192. The van der Waals surface area contributed by atoms with Crippen molar-refractivity contribution in [3.63, 3.8) is 0 Å². The van der Waals surface area contributed by atoms with Crippen LogP contribution in [-0.2, 0) is 22.4 Å². The summed E-state index contributed by atoms with van der Waals surface area (Å²) in [6.07, 6.45) is 6.63. The van der Waals surface area contributed by atoms with E-state index < -0.39 is 0 Å². The van der Waals surface area contributed by atoms with Gasteiger partial charge in [-0.1, -0.05) is 130 Å². The molecule has 0 heterocycles. The second-order valence-corrected chi connectivity index (χ2v) is 14.2. The number of aryl methyl sites for hydroxylation is 1. The molecule has 2 rings (SSSR count). The summed E-state index contributed by atoms with van der Waals surface area (Å²) < 4.78 is 0. The molecule has 2 nitrogen and oxygen atoms in total. The van der Waals surface area contributed by atoms with Crippen molar-refractivity contribution in [2.45, 2.75) is 114 Å². The topological polar surface area (TPSA) is 34.1 Å². The number of carbonyl (C=O) groups is 2. The molecule has 0 saturated heterocycles. The van der Waals surface area contributed by atoms with Crippen LogP contribution in [0.5, 0.6) is 0 Å². The van der Waals surface area contributed by atoms with Crippen molar-refractivity contribution >= 4 is 11.6 Å². The van der Waals surface area contributed by atoms with Gasteiger partial charge in [-0.05, 0) is 78.7 Å². The van der Waals surface area contributed by atoms with E-state index in [-0.39, 0.29) is 11.8 Å². The SMILES string of the molecule is CC(C)C[C@H](C)CC(=O)[C@H](CCc1ccccc1)C(C)C.CC(C)C[C@H](C)CC(=O)[C@H](Cc1ccccc1)C(C)C. The lowest BCUT2D eigenvalue weighted by Crippen LogP contribution is -2.24. The lowest BCUT2D eigenvalue weighted by molar-refractivity contribution is -0.126. The van der Waals surface area contributed by atoms with Crippen molar-refractivity contribution < 1.29 is 9.59 Å². The molecule has 4 atom stereocenters. The van der Waals surface area contributed by atoms with Crippen molar-refractivity contribution in [2.75, 3.05) is 0 Å². The van der Waals surface area contributed by atoms with Crippen LogP contribution in [0, 0.1) is 47.3 Å². The van der Waals surface area contributed by atoms with Gasteiger partial charge in [0.15, 0.2) is 0 Å². The van der Waals surface area contributed by atoms with Crippen molar-refractivity contribution in [3.8, 4) is 0 Å². The average Bonchev–Trinajstić information content (AvgIpc) is 2.87. The molecule has 0 bridgehead atoms. The lowest BCUT2D eigenvalue weighted by atomic mass is 9.81. The molecular weight excluding hydrogens is 500 g/mol. The summed E-state index contributed by atoms with van der Waals surface area (Å²) in [5.41, 5.74) is 2.61. The third-order valence-corrected chi connectivity index (χ3v) is 8.17. The number of hydrogen-bond acceptors (Lipinski definition) is 2. The highest BCUT2D eigenvalue weighted by molar-refractivity contribution is 5.82. The third kappa shape index (κ3) is 16.1. The Labute approximate surface area is 254 Å². The van der Waals surface area contributed by atoms with Gasteiger partial charge in [0.25, 0.3) is 0 Å². The maximum atomic E-state index is 12.6. The lowest BCUT2D eigenvalue weighted by Gasteiger charge is -2.22. The zero-order valence-electron chi connectivity index (χ0n) is 28.2. The molecule has 0 saturated carbocycles. The second kappa shape index (κ2) is 19.8. The smallest absolute Gasteiger partial charge is 0.136 e. The molecule has 0 amide bonds. The highest BCUT2D eigenvalue weighted by atomic mass is 16.1. The van der Waals surface area contributed by atoms with Crippen LogP contribution in [0.25, 0.3) is 0 Å². The summed E-state index contributed by atoms with van der Waals surface area (Å²) >= 11 is 0. The van der Waals surface area contributed by atoms with Gasteiger partial charge < -0.3 is 0 Å². The van der Waals surface area contributed by atoms with Crippen LogP contribution in [0.4, 0.5) is 0 Å². The molecule has 2 aromatic rings. The van der Waals surface area contributed by atoms with E-state index in [1.807, 2.05) is 12.1 Å². The Kier molecular flexibility index (Phi) is 17.8. The van der Waals surface area contributed by atoms with E-state index in [1.165, 1.54) is 11.1 Å². The largest absolute Gasteiger partial charge is 0.299 e. The molecule has 0 spiro atoms. The minimum absolute atomic E-state index is 0.159. The van der Waals surface area contributed by atoms with Crippen LogP contribution in [0.3, 0.4) is 0 Å². The molecule has 0 aromatic heterocycles. The maximum absolute atomic E-state index is 12.6. The highest BCUT2D eigenvalue weighted by Crippen LogP contribution is 2.25. The van der Waals surface area contributed by atoms with Gasteiger partial charge in [-0.25, -0.2) is 0 Å². The van der Waals surface area contributed by atoms with Crippen LogP contribution in [-0.4, -0.2) is 11.6 Å². The number of benzene rings is 2. The van der Waals surface area contributed by atoms with Gasteiger partial charge in [0.1, 0.15) is 11.6 Å². The Morgan fingerprint density at radius 2 is 0.927 bits per heavy atom. The van der Waals surface area contributed by atoms with Gasteiger partial charge in [-0.2, -0.15) is 0 Å². The molecule has 41 heavy (non-hydrogen) atoms. The molecule has 0 unspecified atom stereocenters. The van der Waals surface area contributed by atoms with E-state index in [2.05, 4.69) is 118 Å². The number of hydrogen-bond donors (Lipinski definition) is 0. The summed E-state index contributed by atoms with van der Waals surface area (Å²) in [6.45, 7) is 22.0. The normalized spacial score (nSPS) is 14.5. The maximum Gasteiger partial charge on any atom is 0.136 e. The van der Waals surface area contributed by atoms with E-state index in [4.69, 9.17) is 0 Å². The molecule has 0 radical (unpaired) electrons. The molecule has 2 aromatic carbocycles. The van der Waals surface area contributed by atoms with Gasteiger partial charge in [0.2, 0.25) is 0 Å². The first-order valence-corrected chi connectivity index (χ1v) is 16.4. The number of carbonyl (C=O) groups excluding carboxylic acids is 2. The number of Topliss-reactive ketones (excluding diaryl/α,β-unsaturated/α-hetero) is 2. The van der Waals surface area contributed by atoms with Crippen LogP contribution in [0.15, 0.2) is 60.7 Å². The Hall–Kier alpha value is -2.22. The van der Waals surface area contributed by atoms with E-state index >= 15 is 0 Å². The van der Waals surface area contributed by atoms with E-state index in [0.717, 1.165) is 44.9 Å². The van der Waals surface area contributed by atoms with Crippen LogP contribution in [0.2, 0.25) is 0 Å². The summed E-state index contributed by atoms with van der Waals surface area (Å²) in [6, 6.07) is 20.9. The minimum Gasteiger partial charge on any atom is -0.299 e. The predicted molar refractivity (Wildman–Crippen MR) is 178 cm³/mol. The Morgan fingerprint density at radius 3 is 1.32 bits per heavy atom. The Balaban J connectivity index is 0.000000410. The zero-order chi connectivity index (χ0) is 30.9. The molecule has 2 heteroatoms. The molecule has 0 aliphatic carbocycles. The Morgan fingerprint density at radius 1 is 0.537 bits per heavy atom. The molecule has 0 N–H and O–H groups in total. The van der Waals surface area contributed by atoms with Gasteiger partial charge in [0.05, 0.1) is 0 Å². The predicted octanol–water partition coefficient (Wildman–Crippen LogP) is 10.7. The van der Waals surface area contributed by atoms with Crippen LogP contribution >= 0.6 is 0 Å². The van der Waals surface area contributed by atoms with E-state index in [0.29, 0.717) is 47.1 Å². The van der Waals surface area contributed by atoms with Gasteiger partial charge in [-0.15, -0.1) is 0 Å². The van der Waals surface area contributed by atoms with E-state index in [1.54, 1.807) is 0 Å². The third-order valence-electron chi connectivity index (χ3n) is 8.17. The van der Waals surface area contributed by atoms with Crippen LogP contribution < -0.4 is 0 Å². The fourth-order valence-corrected chi connectivity index (χ4v) is 6.19. The van der Waals surface area contributed by atoms with Crippen molar-refractivity contribution in [2.24, 2.45) is 47.3 Å². The fraction of sp³-hybridized carbons (Fsp3) is 0.641. The molecule has 0 fully saturated rings. The second-order valence-electron chi connectivity index (χ2n) is 14.2. The molecule has 0 aliphatic rings. The first-order valence-electron chi connectivity index (χ1n) is 16.4. The molecule has 0 aliphatic heterocycles. The van der Waals surface area contributed by atoms with Crippen molar-refractivity contribution in [3.05, 3.63) is 71.8 Å². The summed E-state index contributed by atoms with van der Waals surface area (Å²) in [7, 11) is 0. The summed E-state index contributed by atoms with van der Waals surface area (Å²) in [5, 5.41) is 0. The zero-order valence-corrected chi connectivity index (χ0v) is 28.2. The minimum atomic E-state index is 0.159. The van der Waals surface area contributed by atoms with Crippen LogP contribution in [0.1, 0.15) is 112 Å². The van der Waals surface area contributed by atoms with Crippen molar-refractivity contribution in [1.82, 2.24) is 0 Å². The average molecular weight is 563 g/mol.